The second-order valence-electron chi connectivity index (χ2n) is 6.49. The molecule has 1 aromatic carbocycles. The van der Waals surface area contributed by atoms with Gasteiger partial charge in [0.15, 0.2) is 0 Å². The number of carbonyl (C=O) groups is 1. The van der Waals surface area contributed by atoms with E-state index in [0.29, 0.717) is 29.1 Å². The minimum Gasteiger partial charge on any atom is -0.346 e. The van der Waals surface area contributed by atoms with E-state index in [9.17, 15) is 14.4 Å². The van der Waals surface area contributed by atoms with Crippen LogP contribution in [0.3, 0.4) is 0 Å². The van der Waals surface area contributed by atoms with E-state index in [-0.39, 0.29) is 5.91 Å². The fourth-order valence-corrected chi connectivity index (χ4v) is 2.69. The van der Waals surface area contributed by atoms with Gasteiger partial charge >= 0.3 is 11.1 Å². The fraction of sp³-hybridized carbons (Fsp3) is 0.438. The van der Waals surface area contributed by atoms with Gasteiger partial charge in [-0.15, -0.1) is 0 Å². The smallest absolute Gasteiger partial charge is 0.314 e. The van der Waals surface area contributed by atoms with Gasteiger partial charge in [-0.05, 0) is 37.5 Å². The quantitative estimate of drug-likeness (QED) is 0.607. The zero-order valence-electron chi connectivity index (χ0n) is 13.5. The molecule has 0 aliphatic carbocycles. The van der Waals surface area contributed by atoms with E-state index < -0.39 is 16.7 Å². The first-order valence-electron chi connectivity index (χ1n) is 7.53. The molecule has 1 heterocycles. The Morgan fingerprint density at radius 3 is 2.39 bits per heavy atom. The summed E-state index contributed by atoms with van der Waals surface area (Å²) >= 11 is 0. The Hall–Kier alpha value is -2.41. The molecule has 2 rings (SSSR count). The van der Waals surface area contributed by atoms with Crippen molar-refractivity contribution in [1.82, 2.24) is 15.3 Å². The van der Waals surface area contributed by atoms with E-state index in [1.54, 1.807) is 12.1 Å². The second kappa shape index (κ2) is 6.37. The van der Waals surface area contributed by atoms with E-state index in [2.05, 4.69) is 29.1 Å². The summed E-state index contributed by atoms with van der Waals surface area (Å²) in [6.45, 7) is 6.37. The van der Waals surface area contributed by atoms with E-state index >= 15 is 0 Å². The van der Waals surface area contributed by atoms with Gasteiger partial charge in [0.05, 0.1) is 11.0 Å². The molecule has 1 amide bonds. The maximum atomic E-state index is 12.5. The molecule has 1 unspecified atom stereocenters. The molecule has 0 saturated heterocycles. The topological polar surface area (TPSA) is 121 Å². The second-order valence-corrected chi connectivity index (χ2v) is 6.49. The Morgan fingerprint density at radius 2 is 1.83 bits per heavy atom. The Morgan fingerprint density at radius 1 is 1.22 bits per heavy atom. The highest BCUT2D eigenvalue weighted by Gasteiger charge is 2.26. The lowest BCUT2D eigenvalue weighted by molar-refractivity contribution is 0.0898. The average Bonchev–Trinajstić information content (AvgIpc) is 2.47. The largest absolute Gasteiger partial charge is 0.346 e. The Balaban J connectivity index is 2.32. The van der Waals surface area contributed by atoms with Crippen LogP contribution in [-0.2, 0) is 0 Å². The van der Waals surface area contributed by atoms with Gasteiger partial charge in [-0.2, -0.15) is 0 Å². The molecule has 7 nitrogen and oxygen atoms in total. The van der Waals surface area contributed by atoms with Crippen molar-refractivity contribution < 1.29 is 4.79 Å². The number of benzene rings is 1. The third-order valence-corrected chi connectivity index (χ3v) is 3.71. The Bertz CT molecular complexity index is 837. The molecule has 0 aliphatic heterocycles. The van der Waals surface area contributed by atoms with E-state index in [1.165, 1.54) is 6.07 Å². The van der Waals surface area contributed by atoms with Gasteiger partial charge < -0.3 is 21.0 Å². The summed E-state index contributed by atoms with van der Waals surface area (Å²) < 4.78 is 0. The van der Waals surface area contributed by atoms with Crippen molar-refractivity contribution in [2.24, 2.45) is 11.7 Å². The highest BCUT2D eigenvalue weighted by atomic mass is 16.2. The number of nitrogens with two attached hydrogens (primary N) is 1. The molecule has 1 aromatic heterocycles. The van der Waals surface area contributed by atoms with Crippen LogP contribution in [0.15, 0.2) is 27.8 Å². The monoisotopic (exact) mass is 318 g/mol. The number of hydrogen-bond acceptors (Lipinski definition) is 4. The van der Waals surface area contributed by atoms with Crippen LogP contribution in [0.25, 0.3) is 11.0 Å². The molecule has 0 bridgehead atoms. The van der Waals surface area contributed by atoms with Crippen molar-refractivity contribution in [3.63, 3.8) is 0 Å². The maximum absolute atomic E-state index is 12.5. The van der Waals surface area contributed by atoms with E-state index in [1.807, 2.05) is 6.92 Å². The van der Waals surface area contributed by atoms with Crippen molar-refractivity contribution in [3.8, 4) is 0 Å². The Kier molecular flexibility index (Phi) is 4.70. The highest BCUT2D eigenvalue weighted by Crippen LogP contribution is 2.17. The third-order valence-electron chi connectivity index (χ3n) is 3.71. The number of nitrogens with one attached hydrogen (secondary N) is 3. The van der Waals surface area contributed by atoms with Gasteiger partial charge in [0.1, 0.15) is 0 Å². The molecule has 0 aliphatic rings. The van der Waals surface area contributed by atoms with Crippen LogP contribution in [0.4, 0.5) is 0 Å². The third kappa shape index (κ3) is 3.87. The average molecular weight is 318 g/mol. The molecule has 0 saturated carbocycles. The van der Waals surface area contributed by atoms with Gasteiger partial charge in [0, 0.05) is 17.6 Å². The lowest BCUT2D eigenvalue weighted by Gasteiger charge is -2.31. The number of carbonyl (C=O) groups excluding carboxylic acids is 1. The van der Waals surface area contributed by atoms with Gasteiger partial charge in [-0.3, -0.25) is 14.4 Å². The van der Waals surface area contributed by atoms with Crippen LogP contribution in [0.2, 0.25) is 0 Å². The molecular formula is C16H22N4O3. The summed E-state index contributed by atoms with van der Waals surface area (Å²) in [7, 11) is 0. The van der Waals surface area contributed by atoms with Gasteiger partial charge in [0.2, 0.25) is 0 Å². The predicted octanol–water partition coefficient (Wildman–Crippen LogP) is 0.710. The Labute approximate surface area is 133 Å². The van der Waals surface area contributed by atoms with Crippen molar-refractivity contribution in [2.45, 2.75) is 32.7 Å². The summed E-state index contributed by atoms with van der Waals surface area (Å²) in [5.41, 5.74) is 5.10. The molecule has 124 valence electrons. The number of amides is 1. The number of aromatic nitrogens is 2. The zero-order chi connectivity index (χ0) is 17.2. The number of fused-ring (bicyclic) bond motifs is 1. The summed E-state index contributed by atoms with van der Waals surface area (Å²) in [6, 6.07) is 4.72. The fourth-order valence-electron chi connectivity index (χ4n) is 2.69. The predicted molar refractivity (Wildman–Crippen MR) is 89.6 cm³/mol. The van der Waals surface area contributed by atoms with Crippen LogP contribution < -0.4 is 22.2 Å². The van der Waals surface area contributed by atoms with E-state index in [0.717, 1.165) is 6.42 Å². The molecule has 5 N–H and O–H groups in total. The minimum absolute atomic E-state index is 0.271. The summed E-state index contributed by atoms with van der Waals surface area (Å²) in [6.07, 6.45) is 0.757. The summed E-state index contributed by atoms with van der Waals surface area (Å²) in [5.74, 6) is 0.120. The summed E-state index contributed by atoms with van der Waals surface area (Å²) in [5, 5.41) is 2.95. The minimum atomic E-state index is -0.748. The number of hydrogen-bond donors (Lipinski definition) is 4. The van der Waals surface area contributed by atoms with Gasteiger partial charge in [-0.1, -0.05) is 13.8 Å². The van der Waals surface area contributed by atoms with Crippen molar-refractivity contribution in [1.29, 1.82) is 0 Å². The molecule has 0 radical (unpaired) electrons. The normalized spacial score (nSPS) is 14.0. The summed E-state index contributed by atoms with van der Waals surface area (Å²) in [4.78, 5) is 40.1. The van der Waals surface area contributed by atoms with Crippen LogP contribution in [-0.4, -0.2) is 28.0 Å². The van der Waals surface area contributed by atoms with Crippen LogP contribution in [0.1, 0.15) is 37.6 Å². The number of rotatable bonds is 5. The van der Waals surface area contributed by atoms with Gasteiger partial charge in [0.25, 0.3) is 5.91 Å². The molecule has 23 heavy (non-hydrogen) atoms. The SMILES string of the molecule is CC(C)CC(C)(CN)NC(=O)c1ccc2[nH]c(=O)c(=O)[nH]c2c1. The van der Waals surface area contributed by atoms with Crippen LogP contribution in [0, 0.1) is 5.92 Å². The molecule has 0 fully saturated rings. The van der Waals surface area contributed by atoms with Gasteiger partial charge in [-0.25, -0.2) is 0 Å². The first-order chi connectivity index (χ1) is 10.7. The lowest BCUT2D eigenvalue weighted by atomic mass is 9.90. The van der Waals surface area contributed by atoms with Crippen molar-refractivity contribution in [3.05, 3.63) is 44.5 Å². The lowest BCUT2D eigenvalue weighted by Crippen LogP contribution is -2.52. The van der Waals surface area contributed by atoms with Crippen molar-refractivity contribution >= 4 is 16.9 Å². The first-order valence-corrected chi connectivity index (χ1v) is 7.53. The maximum Gasteiger partial charge on any atom is 0.314 e. The zero-order valence-corrected chi connectivity index (χ0v) is 13.5. The molecule has 2 aromatic rings. The van der Waals surface area contributed by atoms with Crippen molar-refractivity contribution in [2.75, 3.05) is 6.54 Å². The number of H-pyrrole nitrogens is 2. The molecule has 1 atom stereocenters. The van der Waals surface area contributed by atoms with Crippen LogP contribution >= 0.6 is 0 Å². The van der Waals surface area contributed by atoms with Crippen LogP contribution in [0.5, 0.6) is 0 Å². The highest BCUT2D eigenvalue weighted by molar-refractivity contribution is 5.97. The molecule has 7 heteroatoms. The van der Waals surface area contributed by atoms with E-state index in [4.69, 9.17) is 5.73 Å². The standard InChI is InChI=1S/C16H22N4O3/c1-9(2)7-16(3,8-17)20-13(21)10-4-5-11-12(6-10)19-15(23)14(22)18-11/h4-6,9H,7-8,17H2,1-3H3,(H,18,22)(H,19,23)(H,20,21). The molecular weight excluding hydrogens is 296 g/mol. The number of aromatic amines is 2. The first kappa shape index (κ1) is 17.0. The molecule has 0 spiro atoms.